The fourth-order valence-corrected chi connectivity index (χ4v) is 2.78. The van der Waals surface area contributed by atoms with Gasteiger partial charge in [-0.3, -0.25) is 9.69 Å². The summed E-state index contributed by atoms with van der Waals surface area (Å²) in [7, 11) is 0. The fourth-order valence-electron chi connectivity index (χ4n) is 2.78. The van der Waals surface area contributed by atoms with Crippen molar-refractivity contribution in [1.29, 1.82) is 0 Å². The van der Waals surface area contributed by atoms with Crippen LogP contribution in [0.1, 0.15) is 53.4 Å². The Labute approximate surface area is 106 Å². The minimum Gasteiger partial charge on any atom is -0.339 e. The van der Waals surface area contributed by atoms with Gasteiger partial charge >= 0.3 is 0 Å². The summed E-state index contributed by atoms with van der Waals surface area (Å²) >= 11 is 0. The smallest absolute Gasteiger partial charge is 0.219 e. The molecule has 1 amide bonds. The van der Waals surface area contributed by atoms with Crippen LogP contribution >= 0.6 is 0 Å². The molecule has 1 unspecified atom stereocenters. The molecule has 0 radical (unpaired) electrons. The first-order valence-corrected chi connectivity index (χ1v) is 7.07. The second-order valence-electron chi connectivity index (χ2n) is 5.45. The average Bonchev–Trinajstić information content (AvgIpc) is 2.27. The molecule has 3 heteroatoms. The van der Waals surface area contributed by atoms with Gasteiger partial charge in [0.2, 0.25) is 5.91 Å². The van der Waals surface area contributed by atoms with Crippen molar-refractivity contribution >= 4 is 5.91 Å². The van der Waals surface area contributed by atoms with Gasteiger partial charge in [-0.25, -0.2) is 0 Å². The van der Waals surface area contributed by atoms with E-state index >= 15 is 0 Å². The van der Waals surface area contributed by atoms with E-state index in [4.69, 9.17) is 0 Å². The number of nitrogens with zero attached hydrogens (tertiary/aromatic N) is 2. The fraction of sp³-hybridized carbons (Fsp3) is 0.929. The molecule has 0 spiro atoms. The van der Waals surface area contributed by atoms with Gasteiger partial charge in [-0.2, -0.15) is 0 Å². The van der Waals surface area contributed by atoms with Gasteiger partial charge in [0.1, 0.15) is 0 Å². The number of hydrogen-bond donors (Lipinski definition) is 0. The Morgan fingerprint density at radius 2 is 2.12 bits per heavy atom. The Hall–Kier alpha value is -0.570. The monoisotopic (exact) mass is 240 g/mol. The molecule has 1 rings (SSSR count). The molecule has 1 aliphatic heterocycles. The van der Waals surface area contributed by atoms with Crippen molar-refractivity contribution in [2.75, 3.05) is 19.6 Å². The van der Waals surface area contributed by atoms with Gasteiger partial charge in [0.15, 0.2) is 0 Å². The van der Waals surface area contributed by atoms with Crippen molar-refractivity contribution in [3.63, 3.8) is 0 Å². The van der Waals surface area contributed by atoms with Crippen LogP contribution in [0.4, 0.5) is 0 Å². The third-order valence-corrected chi connectivity index (χ3v) is 3.70. The predicted octanol–water partition coefficient (Wildman–Crippen LogP) is 2.51. The number of likely N-dealkylation sites (tertiary alicyclic amines) is 1. The molecule has 0 saturated carbocycles. The molecule has 3 nitrogen and oxygen atoms in total. The summed E-state index contributed by atoms with van der Waals surface area (Å²) < 4.78 is 0. The Kier molecular flexibility index (Phi) is 5.96. The van der Waals surface area contributed by atoms with Crippen LogP contribution in [-0.2, 0) is 4.79 Å². The molecule has 1 atom stereocenters. The Bertz CT molecular complexity index is 238. The number of rotatable bonds is 5. The van der Waals surface area contributed by atoms with E-state index in [1.807, 2.05) is 4.90 Å². The highest BCUT2D eigenvalue weighted by Gasteiger charge is 2.25. The second-order valence-corrected chi connectivity index (χ2v) is 5.45. The molecular weight excluding hydrogens is 212 g/mol. The quantitative estimate of drug-likeness (QED) is 0.737. The second kappa shape index (κ2) is 7.00. The molecule has 0 aliphatic carbocycles. The minimum atomic E-state index is 0.210. The number of carbonyl (C=O) groups is 1. The number of amides is 1. The topological polar surface area (TPSA) is 23.6 Å². The molecular formula is C14H28N2O. The Morgan fingerprint density at radius 1 is 1.41 bits per heavy atom. The van der Waals surface area contributed by atoms with Gasteiger partial charge in [-0.15, -0.1) is 0 Å². The summed E-state index contributed by atoms with van der Waals surface area (Å²) in [6.07, 6.45) is 5.09. The van der Waals surface area contributed by atoms with Crippen LogP contribution in [0, 0.1) is 0 Å². The third-order valence-electron chi connectivity index (χ3n) is 3.70. The van der Waals surface area contributed by atoms with Gasteiger partial charge in [-0.05, 0) is 46.2 Å². The first kappa shape index (κ1) is 14.5. The molecule has 0 N–H and O–H groups in total. The van der Waals surface area contributed by atoms with Crippen LogP contribution in [0.3, 0.4) is 0 Å². The molecule has 1 fully saturated rings. The van der Waals surface area contributed by atoms with E-state index in [0.717, 1.165) is 6.54 Å². The summed E-state index contributed by atoms with van der Waals surface area (Å²) in [4.78, 5) is 16.2. The van der Waals surface area contributed by atoms with Crippen molar-refractivity contribution in [2.45, 2.75) is 65.5 Å². The number of piperidine rings is 1. The number of carbonyl (C=O) groups excluding carboxylic acids is 1. The molecule has 0 aromatic rings. The highest BCUT2D eigenvalue weighted by molar-refractivity contribution is 5.73. The van der Waals surface area contributed by atoms with E-state index in [1.165, 1.54) is 38.8 Å². The van der Waals surface area contributed by atoms with E-state index < -0.39 is 0 Å². The lowest BCUT2D eigenvalue weighted by molar-refractivity contribution is -0.131. The molecule has 100 valence electrons. The summed E-state index contributed by atoms with van der Waals surface area (Å²) in [5, 5.41) is 0. The van der Waals surface area contributed by atoms with Gasteiger partial charge in [0.25, 0.3) is 0 Å². The number of hydrogen-bond acceptors (Lipinski definition) is 2. The van der Waals surface area contributed by atoms with Crippen LogP contribution in [0.5, 0.6) is 0 Å². The summed E-state index contributed by atoms with van der Waals surface area (Å²) in [6.45, 7) is 11.4. The first-order valence-electron chi connectivity index (χ1n) is 7.07. The summed E-state index contributed by atoms with van der Waals surface area (Å²) in [5.74, 6) is 0.210. The van der Waals surface area contributed by atoms with Crippen molar-refractivity contribution in [3.8, 4) is 0 Å². The maximum Gasteiger partial charge on any atom is 0.219 e. The van der Waals surface area contributed by atoms with Crippen LogP contribution in [0.15, 0.2) is 0 Å². The maximum absolute atomic E-state index is 11.6. The molecule has 0 aromatic carbocycles. The minimum absolute atomic E-state index is 0.210. The van der Waals surface area contributed by atoms with Gasteiger partial charge < -0.3 is 4.90 Å². The highest BCUT2D eigenvalue weighted by atomic mass is 16.2. The lowest BCUT2D eigenvalue weighted by atomic mass is 10.0. The van der Waals surface area contributed by atoms with E-state index in [1.54, 1.807) is 6.92 Å². The lowest BCUT2D eigenvalue weighted by Crippen LogP contribution is -2.49. The van der Waals surface area contributed by atoms with Crippen LogP contribution in [0.2, 0.25) is 0 Å². The predicted molar refractivity (Wildman–Crippen MR) is 72.0 cm³/mol. The summed E-state index contributed by atoms with van der Waals surface area (Å²) in [6, 6.07) is 0.896. The summed E-state index contributed by atoms with van der Waals surface area (Å²) in [5.41, 5.74) is 0. The van der Waals surface area contributed by atoms with Crippen LogP contribution in [-0.4, -0.2) is 47.4 Å². The zero-order chi connectivity index (χ0) is 12.8. The molecule has 1 aliphatic rings. The van der Waals surface area contributed by atoms with Crippen molar-refractivity contribution in [1.82, 2.24) is 9.80 Å². The molecule has 17 heavy (non-hydrogen) atoms. The largest absolute Gasteiger partial charge is 0.339 e. The molecule has 1 heterocycles. The van der Waals surface area contributed by atoms with E-state index in [0.29, 0.717) is 12.1 Å². The molecule has 0 aromatic heterocycles. The lowest BCUT2D eigenvalue weighted by Gasteiger charge is -2.39. The van der Waals surface area contributed by atoms with Crippen molar-refractivity contribution in [3.05, 3.63) is 0 Å². The molecule has 1 saturated heterocycles. The third kappa shape index (κ3) is 4.30. The van der Waals surface area contributed by atoms with Crippen LogP contribution < -0.4 is 0 Å². The van der Waals surface area contributed by atoms with Gasteiger partial charge in [0, 0.05) is 25.6 Å². The normalized spacial score (nSPS) is 21.8. The van der Waals surface area contributed by atoms with Gasteiger partial charge in [-0.1, -0.05) is 13.3 Å². The Balaban J connectivity index is 2.58. The van der Waals surface area contributed by atoms with E-state index in [-0.39, 0.29) is 5.91 Å². The van der Waals surface area contributed by atoms with Crippen LogP contribution in [0.25, 0.3) is 0 Å². The SMILES string of the molecule is CCCN1CCCCC1CN(C(C)=O)C(C)C. The first-order chi connectivity index (χ1) is 8.06. The molecule has 0 bridgehead atoms. The van der Waals surface area contributed by atoms with E-state index in [9.17, 15) is 4.79 Å². The zero-order valence-corrected chi connectivity index (χ0v) is 11.9. The Morgan fingerprint density at radius 3 is 2.65 bits per heavy atom. The highest BCUT2D eigenvalue weighted by Crippen LogP contribution is 2.19. The van der Waals surface area contributed by atoms with Crippen molar-refractivity contribution < 1.29 is 4.79 Å². The standard InChI is InChI=1S/C14H28N2O/c1-5-9-15-10-7-6-8-14(15)11-16(12(2)3)13(4)17/h12,14H,5-11H2,1-4H3. The maximum atomic E-state index is 11.6. The zero-order valence-electron chi connectivity index (χ0n) is 11.9. The van der Waals surface area contributed by atoms with Gasteiger partial charge in [0.05, 0.1) is 0 Å². The van der Waals surface area contributed by atoms with E-state index in [2.05, 4.69) is 25.7 Å². The van der Waals surface area contributed by atoms with Crippen molar-refractivity contribution in [2.24, 2.45) is 0 Å². The average molecular weight is 240 g/mol.